The molecule has 0 aliphatic heterocycles. The van der Waals surface area contributed by atoms with Crippen LogP contribution in [0, 0.1) is 11.7 Å². The molecule has 1 fully saturated rings. The minimum atomic E-state index is -0.193. The molecule has 2 N–H and O–H groups in total. The van der Waals surface area contributed by atoms with Crippen molar-refractivity contribution in [3.8, 4) is 0 Å². The zero-order chi connectivity index (χ0) is 12.4. The number of rotatable bonds is 5. The smallest absolute Gasteiger partial charge is 0.123 e. The second-order valence-corrected chi connectivity index (χ2v) is 5.24. The van der Waals surface area contributed by atoms with Gasteiger partial charge in [0.2, 0.25) is 0 Å². The van der Waals surface area contributed by atoms with Crippen molar-refractivity contribution in [2.24, 2.45) is 11.7 Å². The predicted octanol–water partition coefficient (Wildman–Crippen LogP) is 2.56. The lowest BCUT2D eigenvalue weighted by Crippen LogP contribution is -2.38. The molecule has 2 rings (SSSR count). The fourth-order valence-electron chi connectivity index (χ4n) is 2.44. The van der Waals surface area contributed by atoms with Crippen LogP contribution < -0.4 is 5.73 Å². The molecule has 0 saturated heterocycles. The van der Waals surface area contributed by atoms with Crippen LogP contribution in [0.2, 0.25) is 0 Å². The molecule has 1 saturated carbocycles. The molecule has 0 spiro atoms. The summed E-state index contributed by atoms with van der Waals surface area (Å²) in [5.41, 5.74) is 7.17. The van der Waals surface area contributed by atoms with Gasteiger partial charge in [0, 0.05) is 18.6 Å². The van der Waals surface area contributed by atoms with E-state index >= 15 is 0 Å². The lowest BCUT2D eigenvalue weighted by Gasteiger charge is -2.31. The summed E-state index contributed by atoms with van der Waals surface area (Å²) in [5.74, 6) is 0.642. The van der Waals surface area contributed by atoms with Crippen LogP contribution in [-0.2, 0) is 0 Å². The second-order valence-electron chi connectivity index (χ2n) is 5.24. The Morgan fingerprint density at radius 2 is 1.94 bits per heavy atom. The first-order valence-corrected chi connectivity index (χ1v) is 6.29. The number of likely N-dealkylation sites (N-methyl/N-ethyl adjacent to an activating group) is 1. The number of hydrogen-bond acceptors (Lipinski definition) is 2. The fourth-order valence-corrected chi connectivity index (χ4v) is 2.44. The monoisotopic (exact) mass is 236 g/mol. The summed E-state index contributed by atoms with van der Waals surface area (Å²) >= 11 is 0. The van der Waals surface area contributed by atoms with Gasteiger partial charge in [-0.25, -0.2) is 4.39 Å². The molecule has 2 nitrogen and oxygen atoms in total. The molecule has 1 aliphatic carbocycles. The number of halogens is 1. The highest BCUT2D eigenvalue weighted by Gasteiger charge is 2.28. The Morgan fingerprint density at radius 1 is 1.35 bits per heavy atom. The molecule has 94 valence electrons. The molecule has 17 heavy (non-hydrogen) atoms. The second kappa shape index (κ2) is 5.15. The van der Waals surface area contributed by atoms with E-state index in [0.717, 1.165) is 18.0 Å². The maximum Gasteiger partial charge on any atom is 0.123 e. The van der Waals surface area contributed by atoms with Gasteiger partial charge >= 0.3 is 0 Å². The van der Waals surface area contributed by atoms with Crippen LogP contribution in [0.3, 0.4) is 0 Å². The van der Waals surface area contributed by atoms with E-state index in [0.29, 0.717) is 0 Å². The predicted molar refractivity (Wildman–Crippen MR) is 68.1 cm³/mol. The van der Waals surface area contributed by atoms with Crippen molar-refractivity contribution in [3.05, 3.63) is 35.6 Å². The van der Waals surface area contributed by atoms with Gasteiger partial charge in [0.1, 0.15) is 5.82 Å². The summed E-state index contributed by atoms with van der Waals surface area (Å²) < 4.78 is 12.9. The average Bonchev–Trinajstić information content (AvgIpc) is 3.04. The summed E-state index contributed by atoms with van der Waals surface area (Å²) in [6.45, 7) is 3.10. The summed E-state index contributed by atoms with van der Waals surface area (Å²) in [5, 5.41) is 0. The minimum absolute atomic E-state index is 0.0456. The molecule has 1 aromatic carbocycles. The molecule has 2 atom stereocenters. The maximum absolute atomic E-state index is 12.9. The maximum atomic E-state index is 12.9. The SMILES string of the molecule is CC(N)C(c1ccc(F)cc1)N(C)CC1CC1. The third-order valence-electron chi connectivity index (χ3n) is 3.43. The molecule has 0 heterocycles. The average molecular weight is 236 g/mol. The Morgan fingerprint density at radius 3 is 2.41 bits per heavy atom. The van der Waals surface area contributed by atoms with Gasteiger partial charge in [0.25, 0.3) is 0 Å². The zero-order valence-corrected chi connectivity index (χ0v) is 10.6. The molecule has 3 heteroatoms. The minimum Gasteiger partial charge on any atom is -0.326 e. The standard InChI is InChI=1S/C14H21FN2/c1-10(16)14(17(2)9-11-3-4-11)12-5-7-13(15)8-6-12/h5-8,10-11,14H,3-4,9,16H2,1-2H3. The van der Waals surface area contributed by atoms with Gasteiger partial charge < -0.3 is 5.73 Å². The lowest BCUT2D eigenvalue weighted by atomic mass is 9.99. The van der Waals surface area contributed by atoms with Gasteiger partial charge in [0.15, 0.2) is 0 Å². The summed E-state index contributed by atoms with van der Waals surface area (Å²) in [4.78, 5) is 2.30. The number of benzene rings is 1. The molecule has 1 aliphatic rings. The van der Waals surface area contributed by atoms with Crippen LogP contribution in [0.1, 0.15) is 31.4 Å². The molecule has 0 radical (unpaired) electrons. The molecule has 2 unspecified atom stereocenters. The zero-order valence-electron chi connectivity index (χ0n) is 10.6. The lowest BCUT2D eigenvalue weighted by molar-refractivity contribution is 0.210. The number of hydrogen-bond donors (Lipinski definition) is 1. The van der Waals surface area contributed by atoms with Crippen LogP contribution in [0.5, 0.6) is 0 Å². The van der Waals surface area contributed by atoms with E-state index in [2.05, 4.69) is 11.9 Å². The van der Waals surface area contributed by atoms with Gasteiger partial charge in [-0.2, -0.15) is 0 Å². The summed E-state index contributed by atoms with van der Waals surface area (Å²) in [6.07, 6.45) is 2.67. The largest absolute Gasteiger partial charge is 0.326 e. The van der Waals surface area contributed by atoms with Crippen LogP contribution in [0.15, 0.2) is 24.3 Å². The van der Waals surface area contributed by atoms with Gasteiger partial charge in [0.05, 0.1) is 0 Å². The highest BCUT2D eigenvalue weighted by Crippen LogP contribution is 2.32. The van der Waals surface area contributed by atoms with Crippen molar-refractivity contribution in [3.63, 3.8) is 0 Å². The van der Waals surface area contributed by atoms with E-state index in [1.165, 1.54) is 25.0 Å². The Bertz CT molecular complexity index is 357. The first kappa shape index (κ1) is 12.5. The van der Waals surface area contributed by atoms with Crippen molar-refractivity contribution in [2.75, 3.05) is 13.6 Å². The Hall–Kier alpha value is -0.930. The van der Waals surface area contributed by atoms with Gasteiger partial charge in [-0.3, -0.25) is 4.90 Å². The van der Waals surface area contributed by atoms with Crippen molar-refractivity contribution in [1.29, 1.82) is 0 Å². The van der Waals surface area contributed by atoms with E-state index in [9.17, 15) is 4.39 Å². The summed E-state index contributed by atoms with van der Waals surface area (Å²) in [6, 6.07) is 6.92. The van der Waals surface area contributed by atoms with Crippen molar-refractivity contribution < 1.29 is 4.39 Å². The van der Waals surface area contributed by atoms with E-state index in [-0.39, 0.29) is 17.9 Å². The fraction of sp³-hybridized carbons (Fsp3) is 0.571. The molecule has 0 bridgehead atoms. The van der Waals surface area contributed by atoms with Crippen molar-refractivity contribution in [1.82, 2.24) is 4.90 Å². The van der Waals surface area contributed by atoms with Gasteiger partial charge in [-0.1, -0.05) is 12.1 Å². The molecule has 0 amide bonds. The molecule has 1 aromatic rings. The van der Waals surface area contributed by atoms with Gasteiger partial charge in [-0.05, 0) is 50.4 Å². The Labute approximate surface area is 103 Å². The molecule has 0 aromatic heterocycles. The highest BCUT2D eigenvalue weighted by molar-refractivity contribution is 5.21. The van der Waals surface area contributed by atoms with E-state index in [1.807, 2.05) is 19.1 Å². The first-order valence-electron chi connectivity index (χ1n) is 6.29. The van der Waals surface area contributed by atoms with Crippen LogP contribution >= 0.6 is 0 Å². The Balaban J connectivity index is 2.12. The normalized spacial score (nSPS) is 19.4. The van der Waals surface area contributed by atoms with E-state index < -0.39 is 0 Å². The molecular weight excluding hydrogens is 215 g/mol. The number of nitrogens with zero attached hydrogens (tertiary/aromatic N) is 1. The third-order valence-corrected chi connectivity index (χ3v) is 3.43. The highest BCUT2D eigenvalue weighted by atomic mass is 19.1. The molecular formula is C14H21FN2. The van der Waals surface area contributed by atoms with Gasteiger partial charge in [-0.15, -0.1) is 0 Å². The van der Waals surface area contributed by atoms with Crippen molar-refractivity contribution >= 4 is 0 Å². The van der Waals surface area contributed by atoms with Crippen molar-refractivity contribution in [2.45, 2.75) is 31.8 Å². The topological polar surface area (TPSA) is 29.3 Å². The quantitative estimate of drug-likeness (QED) is 0.851. The van der Waals surface area contributed by atoms with Crippen LogP contribution in [0.25, 0.3) is 0 Å². The first-order chi connectivity index (χ1) is 8.08. The van der Waals surface area contributed by atoms with Crippen LogP contribution in [0.4, 0.5) is 4.39 Å². The number of nitrogens with two attached hydrogens (primary N) is 1. The van der Waals surface area contributed by atoms with E-state index in [1.54, 1.807) is 0 Å². The van der Waals surface area contributed by atoms with E-state index in [4.69, 9.17) is 5.73 Å². The third kappa shape index (κ3) is 3.27. The van der Waals surface area contributed by atoms with Crippen LogP contribution in [-0.4, -0.2) is 24.5 Å². The summed E-state index contributed by atoms with van der Waals surface area (Å²) in [7, 11) is 2.11. The Kier molecular flexibility index (Phi) is 3.79.